The number of hydrogen-bond donors (Lipinski definition) is 0. The number of carbonyl (C=O) groups is 2. The summed E-state index contributed by atoms with van der Waals surface area (Å²) < 4.78 is 0. The average molecular weight is 281 g/mol. The van der Waals surface area contributed by atoms with Crippen LogP contribution in [0, 0.1) is 0 Å². The van der Waals surface area contributed by atoms with Gasteiger partial charge in [0.15, 0.2) is 5.15 Å². The van der Waals surface area contributed by atoms with Gasteiger partial charge in [0.2, 0.25) is 11.8 Å². The van der Waals surface area contributed by atoms with Crippen molar-refractivity contribution in [2.24, 2.45) is 0 Å². The van der Waals surface area contributed by atoms with Crippen molar-refractivity contribution in [1.82, 2.24) is 20.0 Å². The molecule has 1 unspecified atom stereocenters. The van der Waals surface area contributed by atoms with Crippen molar-refractivity contribution in [3.8, 4) is 0 Å². The molecule has 100 valence electrons. The van der Waals surface area contributed by atoms with Gasteiger partial charge in [0.25, 0.3) is 0 Å². The molecule has 0 bridgehead atoms. The molecule has 2 aliphatic rings. The van der Waals surface area contributed by atoms with E-state index in [2.05, 4.69) is 10.2 Å². The van der Waals surface area contributed by atoms with E-state index in [9.17, 15) is 9.59 Å². The second-order valence-corrected chi connectivity index (χ2v) is 5.17. The zero-order valence-corrected chi connectivity index (χ0v) is 11.0. The highest BCUT2D eigenvalue weighted by atomic mass is 35.5. The van der Waals surface area contributed by atoms with Crippen molar-refractivity contribution in [3.05, 3.63) is 23.0 Å². The number of piperazine rings is 1. The third kappa shape index (κ3) is 2.28. The molecular formula is C12H13ClN4O2. The van der Waals surface area contributed by atoms with Gasteiger partial charge in [-0.2, -0.15) is 5.10 Å². The molecule has 6 nitrogen and oxygen atoms in total. The first-order valence-electron chi connectivity index (χ1n) is 6.21. The Morgan fingerprint density at radius 2 is 2.16 bits per heavy atom. The van der Waals surface area contributed by atoms with Gasteiger partial charge in [-0.1, -0.05) is 11.6 Å². The lowest BCUT2D eigenvalue weighted by atomic mass is 10.1. The van der Waals surface area contributed by atoms with Crippen LogP contribution in [0.5, 0.6) is 0 Å². The molecule has 3 rings (SSSR count). The van der Waals surface area contributed by atoms with E-state index >= 15 is 0 Å². The Morgan fingerprint density at radius 3 is 2.89 bits per heavy atom. The maximum absolute atomic E-state index is 12.3. The fourth-order valence-corrected chi connectivity index (χ4v) is 2.72. The molecule has 0 saturated carbocycles. The predicted octanol–water partition coefficient (Wildman–Crippen LogP) is 0.463. The Hall–Kier alpha value is -1.69. The minimum Gasteiger partial charge on any atom is -0.329 e. The highest BCUT2D eigenvalue weighted by Gasteiger charge is 2.41. The summed E-state index contributed by atoms with van der Waals surface area (Å²) in [6, 6.07) is 3.07. The van der Waals surface area contributed by atoms with Crippen molar-refractivity contribution in [3.63, 3.8) is 0 Å². The van der Waals surface area contributed by atoms with Gasteiger partial charge >= 0.3 is 0 Å². The molecule has 1 aromatic heterocycles. The fraction of sp³-hybridized carbons (Fsp3) is 0.500. The summed E-state index contributed by atoms with van der Waals surface area (Å²) in [7, 11) is 0. The van der Waals surface area contributed by atoms with Crippen molar-refractivity contribution in [2.45, 2.75) is 25.4 Å². The van der Waals surface area contributed by atoms with Gasteiger partial charge in [-0.3, -0.25) is 9.59 Å². The van der Waals surface area contributed by atoms with Crippen LogP contribution in [0.15, 0.2) is 12.1 Å². The van der Waals surface area contributed by atoms with E-state index < -0.39 is 0 Å². The molecule has 0 spiro atoms. The van der Waals surface area contributed by atoms with Gasteiger partial charge in [-0.05, 0) is 25.0 Å². The largest absolute Gasteiger partial charge is 0.329 e. The lowest BCUT2D eigenvalue weighted by Crippen LogP contribution is -2.56. The number of rotatable bonds is 2. The molecule has 0 aromatic carbocycles. The minimum atomic E-state index is -0.276. The van der Waals surface area contributed by atoms with Crippen LogP contribution < -0.4 is 0 Å². The molecule has 1 atom stereocenters. The molecule has 2 fully saturated rings. The first kappa shape index (κ1) is 12.3. The molecule has 1 aromatic rings. The van der Waals surface area contributed by atoms with Crippen LogP contribution in [0.2, 0.25) is 5.15 Å². The Morgan fingerprint density at radius 1 is 1.32 bits per heavy atom. The summed E-state index contributed by atoms with van der Waals surface area (Å²) in [6.07, 6.45) is 1.66. The summed E-state index contributed by atoms with van der Waals surface area (Å²) in [5.41, 5.74) is 0.636. The van der Waals surface area contributed by atoms with E-state index in [4.69, 9.17) is 11.6 Å². The summed E-state index contributed by atoms with van der Waals surface area (Å²) >= 11 is 5.66. The Kier molecular flexibility index (Phi) is 3.10. The van der Waals surface area contributed by atoms with Crippen LogP contribution in [0.4, 0.5) is 0 Å². The minimum absolute atomic E-state index is 0.00819. The predicted molar refractivity (Wildman–Crippen MR) is 67.2 cm³/mol. The van der Waals surface area contributed by atoms with Crippen LogP contribution in [0.1, 0.15) is 18.5 Å². The van der Waals surface area contributed by atoms with Gasteiger partial charge in [0.1, 0.15) is 12.6 Å². The quantitative estimate of drug-likeness (QED) is 0.789. The first-order valence-corrected chi connectivity index (χ1v) is 6.59. The molecule has 0 aliphatic carbocycles. The Labute approximate surface area is 115 Å². The average Bonchev–Trinajstić information content (AvgIpc) is 2.88. The van der Waals surface area contributed by atoms with Crippen LogP contribution in [-0.4, -0.2) is 50.9 Å². The third-order valence-electron chi connectivity index (χ3n) is 3.54. The molecule has 2 amide bonds. The van der Waals surface area contributed by atoms with Gasteiger partial charge in [-0.25, -0.2) is 0 Å². The van der Waals surface area contributed by atoms with Gasteiger partial charge in [0, 0.05) is 6.54 Å². The number of halogens is 1. The Balaban J connectivity index is 1.76. The lowest BCUT2D eigenvalue weighted by Gasteiger charge is -2.36. The van der Waals surface area contributed by atoms with Gasteiger partial charge in [0.05, 0.1) is 12.2 Å². The normalized spacial score (nSPS) is 22.9. The molecule has 0 radical (unpaired) electrons. The molecule has 7 heteroatoms. The number of carbonyl (C=O) groups excluding carboxylic acids is 2. The lowest BCUT2D eigenvalue weighted by molar-refractivity contribution is -0.154. The Bertz CT molecular complexity index is 519. The number of hydrogen-bond acceptors (Lipinski definition) is 4. The van der Waals surface area contributed by atoms with Crippen molar-refractivity contribution < 1.29 is 9.59 Å². The topological polar surface area (TPSA) is 66.4 Å². The van der Waals surface area contributed by atoms with Gasteiger partial charge < -0.3 is 9.80 Å². The van der Waals surface area contributed by atoms with E-state index in [1.165, 1.54) is 0 Å². The summed E-state index contributed by atoms with van der Waals surface area (Å²) in [4.78, 5) is 27.5. The highest BCUT2D eigenvalue weighted by molar-refractivity contribution is 6.29. The van der Waals surface area contributed by atoms with Crippen LogP contribution >= 0.6 is 11.6 Å². The zero-order valence-electron chi connectivity index (χ0n) is 10.3. The maximum Gasteiger partial charge on any atom is 0.246 e. The molecule has 2 aliphatic heterocycles. The standard InChI is InChI=1S/C12H13ClN4O2/c13-10-4-3-8(14-15-10)6-16-7-11(18)17-5-1-2-9(17)12(16)19/h3-4,9H,1-2,5-7H2. The third-order valence-corrected chi connectivity index (χ3v) is 3.74. The van der Waals surface area contributed by atoms with E-state index in [0.29, 0.717) is 23.9 Å². The summed E-state index contributed by atoms with van der Waals surface area (Å²) in [5.74, 6) is 0.0258. The molecule has 2 saturated heterocycles. The van der Waals surface area contributed by atoms with Crippen LogP contribution in [0.25, 0.3) is 0 Å². The number of aromatic nitrogens is 2. The molecular weight excluding hydrogens is 268 g/mol. The molecule has 3 heterocycles. The summed E-state index contributed by atoms with van der Waals surface area (Å²) in [5, 5.41) is 7.97. The monoisotopic (exact) mass is 280 g/mol. The highest BCUT2D eigenvalue weighted by Crippen LogP contribution is 2.24. The van der Waals surface area contributed by atoms with Crippen LogP contribution in [0.3, 0.4) is 0 Å². The van der Waals surface area contributed by atoms with Crippen molar-refractivity contribution in [2.75, 3.05) is 13.1 Å². The smallest absolute Gasteiger partial charge is 0.246 e. The van der Waals surface area contributed by atoms with Crippen LogP contribution in [-0.2, 0) is 16.1 Å². The van der Waals surface area contributed by atoms with E-state index in [1.807, 2.05) is 0 Å². The van der Waals surface area contributed by atoms with E-state index in [-0.39, 0.29) is 24.4 Å². The summed E-state index contributed by atoms with van der Waals surface area (Å²) in [6.45, 7) is 1.13. The maximum atomic E-state index is 12.3. The number of fused-ring (bicyclic) bond motifs is 1. The SMILES string of the molecule is O=C1C2CCCN2C(=O)CN1Cc1ccc(Cl)nn1. The van der Waals surface area contributed by atoms with E-state index in [1.54, 1.807) is 21.9 Å². The first-order chi connectivity index (χ1) is 9.15. The molecule has 19 heavy (non-hydrogen) atoms. The zero-order chi connectivity index (χ0) is 13.4. The number of nitrogens with zero attached hydrogens (tertiary/aromatic N) is 4. The second-order valence-electron chi connectivity index (χ2n) is 4.79. The van der Waals surface area contributed by atoms with E-state index in [0.717, 1.165) is 12.8 Å². The van der Waals surface area contributed by atoms with Crippen molar-refractivity contribution in [1.29, 1.82) is 0 Å². The fourth-order valence-electron chi connectivity index (χ4n) is 2.62. The van der Waals surface area contributed by atoms with Crippen molar-refractivity contribution >= 4 is 23.4 Å². The second kappa shape index (κ2) is 4.77. The number of amides is 2. The van der Waals surface area contributed by atoms with Gasteiger partial charge in [-0.15, -0.1) is 5.10 Å². The molecule has 0 N–H and O–H groups in total.